The van der Waals surface area contributed by atoms with Crippen LogP contribution in [0.25, 0.3) is 0 Å². The smallest absolute Gasteiger partial charge is 0.243 e. The highest BCUT2D eigenvalue weighted by atomic mass is 32.2. The second-order valence-corrected chi connectivity index (χ2v) is 10.1. The van der Waals surface area contributed by atoms with Gasteiger partial charge in [-0.05, 0) is 37.5 Å². The highest BCUT2D eigenvalue weighted by Crippen LogP contribution is 2.36. The Morgan fingerprint density at radius 1 is 1.12 bits per heavy atom. The third-order valence-electron chi connectivity index (χ3n) is 6.15. The minimum Gasteiger partial charge on any atom is -0.497 e. The molecule has 1 atom stereocenters. The fourth-order valence-electron chi connectivity index (χ4n) is 4.28. The van der Waals surface area contributed by atoms with Gasteiger partial charge in [0, 0.05) is 31.2 Å². The Balaban J connectivity index is 1.87. The van der Waals surface area contributed by atoms with E-state index >= 15 is 0 Å². The lowest BCUT2D eigenvalue weighted by molar-refractivity contribution is -0.122. The van der Waals surface area contributed by atoms with Gasteiger partial charge in [-0.25, -0.2) is 8.42 Å². The van der Waals surface area contributed by atoms with E-state index in [0.717, 1.165) is 29.0 Å². The Morgan fingerprint density at radius 2 is 1.79 bits per heavy atom. The summed E-state index contributed by atoms with van der Waals surface area (Å²) in [4.78, 5) is 13.3. The molecule has 0 bridgehead atoms. The normalized spacial score (nSPS) is 16.5. The highest BCUT2D eigenvalue weighted by molar-refractivity contribution is 7.92. The van der Waals surface area contributed by atoms with Gasteiger partial charge in [0.2, 0.25) is 15.9 Å². The number of sulfonamides is 1. The van der Waals surface area contributed by atoms with E-state index in [9.17, 15) is 13.2 Å². The maximum absolute atomic E-state index is 13.3. The standard InChI is InChI=1S/C24H32N2O6S/c1-18(26(33(4,28)29)21-16-20(30-2)10-11-22(21)31-3)23(27)25-17-24(12-14-32-15-13-24)19-8-6-5-7-9-19/h5-11,16,18H,12-15,17H2,1-4H3,(H,25,27). The number of nitrogens with zero attached hydrogens (tertiary/aromatic N) is 1. The predicted octanol–water partition coefficient (Wildman–Crippen LogP) is 2.72. The van der Waals surface area contributed by atoms with E-state index in [4.69, 9.17) is 14.2 Å². The van der Waals surface area contributed by atoms with Gasteiger partial charge in [0.15, 0.2) is 0 Å². The first-order valence-electron chi connectivity index (χ1n) is 10.8. The number of rotatable bonds is 9. The summed E-state index contributed by atoms with van der Waals surface area (Å²) in [5.41, 5.74) is 1.11. The zero-order valence-corrected chi connectivity index (χ0v) is 20.4. The lowest BCUT2D eigenvalue weighted by Crippen LogP contribution is -2.52. The zero-order valence-electron chi connectivity index (χ0n) is 19.5. The van der Waals surface area contributed by atoms with Gasteiger partial charge < -0.3 is 19.5 Å². The maximum Gasteiger partial charge on any atom is 0.243 e. The van der Waals surface area contributed by atoms with Gasteiger partial charge in [0.1, 0.15) is 17.5 Å². The molecule has 9 heteroatoms. The number of hydrogen-bond donors (Lipinski definition) is 1. The molecule has 3 rings (SSSR count). The van der Waals surface area contributed by atoms with Crippen LogP contribution in [0, 0.1) is 0 Å². The number of carbonyl (C=O) groups excluding carboxylic acids is 1. The number of nitrogens with one attached hydrogen (secondary N) is 1. The number of methoxy groups -OCH3 is 2. The van der Waals surface area contributed by atoms with Crippen LogP contribution in [0.3, 0.4) is 0 Å². The SMILES string of the molecule is COc1ccc(OC)c(N(C(C)C(=O)NCC2(c3ccccc3)CCOCC2)S(C)(=O)=O)c1. The lowest BCUT2D eigenvalue weighted by Gasteiger charge is -2.38. The van der Waals surface area contributed by atoms with Crippen LogP contribution in [0.1, 0.15) is 25.3 Å². The van der Waals surface area contributed by atoms with Crippen molar-refractivity contribution in [3.63, 3.8) is 0 Å². The molecule has 8 nitrogen and oxygen atoms in total. The number of hydrogen-bond acceptors (Lipinski definition) is 6. The van der Waals surface area contributed by atoms with E-state index < -0.39 is 22.0 Å². The second-order valence-electron chi connectivity index (χ2n) is 8.25. The summed E-state index contributed by atoms with van der Waals surface area (Å²) in [5, 5.41) is 3.01. The molecule has 2 aromatic carbocycles. The van der Waals surface area contributed by atoms with Crippen molar-refractivity contribution in [3.8, 4) is 11.5 Å². The Bertz CT molecular complexity index is 1050. The van der Waals surface area contributed by atoms with Gasteiger partial charge in [-0.2, -0.15) is 0 Å². The van der Waals surface area contributed by atoms with Crippen molar-refractivity contribution < 1.29 is 27.4 Å². The molecular weight excluding hydrogens is 444 g/mol. The molecule has 1 fully saturated rings. The topological polar surface area (TPSA) is 94.2 Å². The number of anilines is 1. The van der Waals surface area contributed by atoms with E-state index in [-0.39, 0.29) is 11.1 Å². The minimum atomic E-state index is -3.81. The first-order valence-corrected chi connectivity index (χ1v) is 12.7. The molecule has 0 aliphatic carbocycles. The molecule has 33 heavy (non-hydrogen) atoms. The van der Waals surface area contributed by atoms with Crippen LogP contribution in [0.15, 0.2) is 48.5 Å². The summed E-state index contributed by atoms with van der Waals surface area (Å²) in [6, 6.07) is 13.9. The monoisotopic (exact) mass is 476 g/mol. The van der Waals surface area contributed by atoms with E-state index in [1.54, 1.807) is 25.1 Å². The molecule has 0 radical (unpaired) electrons. The molecule has 1 aliphatic heterocycles. The van der Waals surface area contributed by atoms with Crippen molar-refractivity contribution in [2.24, 2.45) is 0 Å². The fourth-order valence-corrected chi connectivity index (χ4v) is 5.45. The van der Waals surface area contributed by atoms with Crippen molar-refractivity contribution in [1.29, 1.82) is 0 Å². The van der Waals surface area contributed by atoms with Crippen LogP contribution in [0.2, 0.25) is 0 Å². The van der Waals surface area contributed by atoms with Crippen LogP contribution >= 0.6 is 0 Å². The second kappa shape index (κ2) is 10.4. The van der Waals surface area contributed by atoms with Crippen molar-refractivity contribution in [2.75, 3.05) is 44.5 Å². The van der Waals surface area contributed by atoms with Crippen molar-refractivity contribution >= 4 is 21.6 Å². The molecule has 1 unspecified atom stereocenters. The summed E-state index contributed by atoms with van der Waals surface area (Å²) >= 11 is 0. The molecule has 0 saturated carbocycles. The van der Waals surface area contributed by atoms with Gasteiger partial charge in [-0.3, -0.25) is 9.10 Å². The average Bonchev–Trinajstić information content (AvgIpc) is 2.82. The summed E-state index contributed by atoms with van der Waals surface area (Å²) < 4.78 is 42.8. The van der Waals surface area contributed by atoms with E-state index in [0.29, 0.717) is 31.3 Å². The summed E-state index contributed by atoms with van der Waals surface area (Å²) in [6.07, 6.45) is 2.61. The van der Waals surface area contributed by atoms with Crippen LogP contribution in [-0.4, -0.2) is 60.6 Å². The first-order chi connectivity index (χ1) is 15.7. The van der Waals surface area contributed by atoms with Gasteiger partial charge in [0.05, 0.1) is 26.2 Å². The van der Waals surface area contributed by atoms with Gasteiger partial charge in [-0.15, -0.1) is 0 Å². The summed E-state index contributed by atoms with van der Waals surface area (Å²) in [5.74, 6) is 0.385. The molecular formula is C24H32N2O6S. The Kier molecular flexibility index (Phi) is 7.86. The molecule has 1 N–H and O–H groups in total. The van der Waals surface area contributed by atoms with E-state index in [1.165, 1.54) is 14.2 Å². The van der Waals surface area contributed by atoms with Crippen molar-refractivity contribution in [3.05, 3.63) is 54.1 Å². The maximum atomic E-state index is 13.3. The number of carbonyl (C=O) groups is 1. The van der Waals surface area contributed by atoms with E-state index in [2.05, 4.69) is 17.4 Å². The van der Waals surface area contributed by atoms with Crippen molar-refractivity contribution in [1.82, 2.24) is 5.32 Å². The Labute approximate surface area is 195 Å². The molecule has 180 valence electrons. The van der Waals surface area contributed by atoms with Crippen LogP contribution in [0.5, 0.6) is 11.5 Å². The summed E-state index contributed by atoms with van der Waals surface area (Å²) in [6.45, 7) is 3.17. The predicted molar refractivity (Wildman–Crippen MR) is 128 cm³/mol. The number of amides is 1. The van der Waals surface area contributed by atoms with Gasteiger partial charge in [-0.1, -0.05) is 30.3 Å². The quantitative estimate of drug-likeness (QED) is 0.598. The third-order valence-corrected chi connectivity index (χ3v) is 7.38. The van der Waals surface area contributed by atoms with Crippen LogP contribution < -0.4 is 19.1 Å². The molecule has 1 saturated heterocycles. The minimum absolute atomic E-state index is 0.242. The first kappa shape index (κ1) is 24.9. The fraction of sp³-hybridized carbons (Fsp3) is 0.458. The molecule has 2 aromatic rings. The lowest BCUT2D eigenvalue weighted by atomic mass is 9.74. The molecule has 1 amide bonds. The Hall–Kier alpha value is -2.78. The highest BCUT2D eigenvalue weighted by Gasteiger charge is 2.37. The average molecular weight is 477 g/mol. The molecule has 0 spiro atoms. The van der Waals surface area contributed by atoms with Crippen LogP contribution in [0.4, 0.5) is 5.69 Å². The Morgan fingerprint density at radius 3 is 2.36 bits per heavy atom. The largest absolute Gasteiger partial charge is 0.497 e. The van der Waals surface area contributed by atoms with E-state index in [1.807, 2.05) is 18.2 Å². The molecule has 1 heterocycles. The molecule has 1 aliphatic rings. The number of benzene rings is 2. The third kappa shape index (κ3) is 5.59. The molecule has 0 aromatic heterocycles. The van der Waals surface area contributed by atoms with Crippen LogP contribution in [-0.2, 0) is 25.0 Å². The van der Waals surface area contributed by atoms with Gasteiger partial charge >= 0.3 is 0 Å². The van der Waals surface area contributed by atoms with Gasteiger partial charge in [0.25, 0.3) is 0 Å². The summed E-state index contributed by atoms with van der Waals surface area (Å²) in [7, 11) is -0.874. The zero-order chi connectivity index (χ0) is 24.1. The number of ether oxygens (including phenoxy) is 3. The van der Waals surface area contributed by atoms with Crippen molar-refractivity contribution in [2.45, 2.75) is 31.2 Å².